The SMILES string of the molecule is O=C1NC(=Nc2nnc(-c3ccc(F)cc3)s2)S/C1=C\c1c(F)cccc1Cl. The van der Waals surface area contributed by atoms with Crippen LogP contribution in [0.2, 0.25) is 5.02 Å². The Labute approximate surface area is 171 Å². The molecule has 1 N–H and O–H groups in total. The lowest BCUT2D eigenvalue weighted by molar-refractivity contribution is -0.115. The average molecular weight is 435 g/mol. The second-order valence-corrected chi connectivity index (χ2v) is 7.91. The summed E-state index contributed by atoms with van der Waals surface area (Å²) in [4.78, 5) is 16.7. The molecule has 1 fully saturated rings. The standard InChI is InChI=1S/C18H9ClF2N4OS2/c19-12-2-1-3-13(21)11(12)8-14-15(26)22-17(27-14)23-18-25-24-16(28-18)9-4-6-10(20)7-5-9/h1-8H,(H,22,23,25,26)/b14-8-. The van der Waals surface area contributed by atoms with Crippen LogP contribution < -0.4 is 5.32 Å². The molecule has 4 rings (SSSR count). The predicted molar refractivity (Wildman–Crippen MR) is 108 cm³/mol. The van der Waals surface area contributed by atoms with E-state index >= 15 is 0 Å². The molecule has 1 saturated heterocycles. The molecule has 3 aromatic rings. The molecule has 1 aromatic heterocycles. The predicted octanol–water partition coefficient (Wildman–Crippen LogP) is 5.03. The van der Waals surface area contributed by atoms with Gasteiger partial charge in [0.25, 0.3) is 5.91 Å². The minimum Gasteiger partial charge on any atom is -0.300 e. The van der Waals surface area contributed by atoms with Crippen LogP contribution >= 0.6 is 34.7 Å². The summed E-state index contributed by atoms with van der Waals surface area (Å²) in [6.45, 7) is 0. The van der Waals surface area contributed by atoms with Crippen LogP contribution in [0.3, 0.4) is 0 Å². The Balaban J connectivity index is 1.57. The maximum Gasteiger partial charge on any atom is 0.264 e. The second kappa shape index (κ2) is 7.78. The average Bonchev–Trinajstić information content (AvgIpc) is 3.26. The molecule has 1 aliphatic rings. The number of aliphatic imine (C=N–C) groups is 1. The van der Waals surface area contributed by atoms with Crippen molar-refractivity contribution in [3.8, 4) is 10.6 Å². The van der Waals surface area contributed by atoms with E-state index in [0.717, 1.165) is 11.8 Å². The van der Waals surface area contributed by atoms with Gasteiger partial charge in [0.15, 0.2) is 5.17 Å². The van der Waals surface area contributed by atoms with Gasteiger partial charge in [0, 0.05) is 11.1 Å². The number of rotatable bonds is 3. The number of nitrogens with zero attached hydrogens (tertiary/aromatic N) is 3. The van der Waals surface area contributed by atoms with Crippen molar-refractivity contribution in [2.24, 2.45) is 4.99 Å². The van der Waals surface area contributed by atoms with Crippen LogP contribution in [0, 0.1) is 11.6 Å². The molecule has 1 amide bonds. The summed E-state index contributed by atoms with van der Waals surface area (Å²) >= 11 is 8.24. The fourth-order valence-corrected chi connectivity index (χ4v) is 4.12. The van der Waals surface area contributed by atoms with Crippen molar-refractivity contribution in [2.75, 3.05) is 0 Å². The Morgan fingerprint density at radius 2 is 1.89 bits per heavy atom. The van der Waals surface area contributed by atoms with Crippen molar-refractivity contribution in [1.29, 1.82) is 0 Å². The molecule has 10 heteroatoms. The fourth-order valence-electron chi connectivity index (χ4n) is 2.32. The Morgan fingerprint density at radius 3 is 2.64 bits per heavy atom. The lowest BCUT2D eigenvalue weighted by atomic mass is 10.2. The van der Waals surface area contributed by atoms with Crippen LogP contribution in [0.1, 0.15) is 5.56 Å². The summed E-state index contributed by atoms with van der Waals surface area (Å²) in [5.74, 6) is -1.27. The zero-order valence-corrected chi connectivity index (χ0v) is 16.2. The van der Waals surface area contributed by atoms with Gasteiger partial charge >= 0.3 is 0 Å². The smallest absolute Gasteiger partial charge is 0.264 e. The van der Waals surface area contributed by atoms with Gasteiger partial charge in [-0.15, -0.1) is 10.2 Å². The molecule has 0 bridgehead atoms. The van der Waals surface area contributed by atoms with Crippen LogP contribution in [-0.2, 0) is 4.79 Å². The Hall–Kier alpha value is -2.62. The Kier molecular flexibility index (Phi) is 5.21. The molecule has 0 saturated carbocycles. The monoisotopic (exact) mass is 434 g/mol. The molecule has 1 aliphatic heterocycles. The van der Waals surface area contributed by atoms with Gasteiger partial charge in [-0.25, -0.2) is 8.78 Å². The van der Waals surface area contributed by atoms with E-state index in [2.05, 4.69) is 20.5 Å². The number of benzene rings is 2. The third-order valence-electron chi connectivity index (χ3n) is 3.63. The molecule has 0 atom stereocenters. The second-order valence-electron chi connectivity index (χ2n) is 5.51. The number of hydrogen-bond donors (Lipinski definition) is 1. The lowest BCUT2D eigenvalue weighted by Gasteiger charge is -2.00. The normalized spacial score (nSPS) is 16.8. The van der Waals surface area contributed by atoms with Crippen molar-refractivity contribution < 1.29 is 13.6 Å². The van der Waals surface area contributed by atoms with E-state index in [4.69, 9.17) is 11.6 Å². The van der Waals surface area contributed by atoms with E-state index in [1.807, 2.05) is 0 Å². The summed E-state index contributed by atoms with van der Waals surface area (Å²) < 4.78 is 26.9. The van der Waals surface area contributed by atoms with E-state index in [-0.39, 0.29) is 21.3 Å². The molecular weight excluding hydrogens is 426 g/mol. The quantitative estimate of drug-likeness (QED) is 0.587. The van der Waals surface area contributed by atoms with E-state index in [1.54, 1.807) is 18.2 Å². The van der Waals surface area contributed by atoms with Gasteiger partial charge in [-0.1, -0.05) is 29.0 Å². The summed E-state index contributed by atoms with van der Waals surface area (Å²) in [7, 11) is 0. The van der Waals surface area contributed by atoms with Crippen molar-refractivity contribution in [3.05, 3.63) is 69.6 Å². The maximum absolute atomic E-state index is 13.9. The van der Waals surface area contributed by atoms with Crippen molar-refractivity contribution >= 4 is 57.0 Å². The van der Waals surface area contributed by atoms with Crippen molar-refractivity contribution in [1.82, 2.24) is 15.5 Å². The van der Waals surface area contributed by atoms with Gasteiger partial charge < -0.3 is 5.32 Å². The summed E-state index contributed by atoms with van der Waals surface area (Å²) in [6.07, 6.45) is 1.38. The van der Waals surface area contributed by atoms with Gasteiger partial charge in [-0.3, -0.25) is 4.79 Å². The number of halogens is 3. The summed E-state index contributed by atoms with van der Waals surface area (Å²) in [5, 5.41) is 12.0. The van der Waals surface area contributed by atoms with E-state index in [9.17, 15) is 13.6 Å². The third kappa shape index (κ3) is 3.96. The zero-order valence-electron chi connectivity index (χ0n) is 13.8. The number of thioether (sulfide) groups is 1. The number of carbonyl (C=O) groups excluding carboxylic acids is 1. The molecule has 0 unspecified atom stereocenters. The lowest BCUT2D eigenvalue weighted by Crippen LogP contribution is -2.19. The number of hydrogen-bond acceptors (Lipinski definition) is 6. The Morgan fingerprint density at radius 1 is 1.11 bits per heavy atom. The minimum atomic E-state index is -0.521. The van der Waals surface area contributed by atoms with E-state index < -0.39 is 11.7 Å². The van der Waals surface area contributed by atoms with E-state index in [0.29, 0.717) is 20.9 Å². The van der Waals surface area contributed by atoms with Gasteiger partial charge in [0.05, 0.1) is 9.93 Å². The van der Waals surface area contributed by atoms with Crippen LogP contribution in [0.15, 0.2) is 52.4 Å². The van der Waals surface area contributed by atoms with Crippen LogP contribution in [0.5, 0.6) is 0 Å². The van der Waals surface area contributed by atoms with Gasteiger partial charge in [-0.05, 0) is 54.2 Å². The number of carbonyl (C=O) groups is 1. The molecular formula is C18H9ClF2N4OS2. The molecule has 140 valence electrons. The first kappa shape index (κ1) is 18.7. The minimum absolute atomic E-state index is 0.137. The highest BCUT2D eigenvalue weighted by Crippen LogP contribution is 2.33. The van der Waals surface area contributed by atoms with Crippen molar-refractivity contribution in [3.63, 3.8) is 0 Å². The molecule has 2 aromatic carbocycles. The molecule has 28 heavy (non-hydrogen) atoms. The molecule has 0 spiro atoms. The van der Waals surface area contributed by atoms with Gasteiger partial charge in [0.2, 0.25) is 5.13 Å². The highest BCUT2D eigenvalue weighted by atomic mass is 35.5. The van der Waals surface area contributed by atoms with E-state index in [1.165, 1.54) is 41.7 Å². The highest BCUT2D eigenvalue weighted by Gasteiger charge is 2.25. The van der Waals surface area contributed by atoms with Crippen molar-refractivity contribution in [2.45, 2.75) is 0 Å². The van der Waals surface area contributed by atoms with Crippen LogP contribution in [0.4, 0.5) is 13.9 Å². The number of aromatic nitrogens is 2. The number of amidine groups is 1. The first-order valence-electron chi connectivity index (χ1n) is 7.82. The molecule has 0 aliphatic carbocycles. The topological polar surface area (TPSA) is 67.2 Å². The fraction of sp³-hybridized carbons (Fsp3) is 0. The number of amides is 1. The van der Waals surface area contributed by atoms with Gasteiger partial charge in [0.1, 0.15) is 16.6 Å². The maximum atomic E-state index is 13.9. The summed E-state index contributed by atoms with van der Waals surface area (Å²) in [6, 6.07) is 10.2. The number of nitrogens with one attached hydrogen (secondary N) is 1. The summed E-state index contributed by atoms with van der Waals surface area (Å²) in [5.41, 5.74) is 0.848. The molecule has 0 radical (unpaired) electrons. The zero-order chi connectivity index (χ0) is 19.7. The van der Waals surface area contributed by atoms with Crippen LogP contribution in [-0.4, -0.2) is 21.3 Å². The van der Waals surface area contributed by atoms with Gasteiger partial charge in [-0.2, -0.15) is 4.99 Å². The largest absolute Gasteiger partial charge is 0.300 e. The Bertz CT molecular complexity index is 1110. The van der Waals surface area contributed by atoms with Crippen LogP contribution in [0.25, 0.3) is 16.6 Å². The highest BCUT2D eigenvalue weighted by molar-refractivity contribution is 8.18. The molecule has 2 heterocycles. The first-order chi connectivity index (χ1) is 13.5. The molecule has 5 nitrogen and oxygen atoms in total. The third-order valence-corrected chi connectivity index (χ3v) is 5.73. The first-order valence-corrected chi connectivity index (χ1v) is 9.84.